The maximum absolute atomic E-state index is 14.9. The van der Waals surface area contributed by atoms with Crippen LogP contribution in [-0.4, -0.2) is 40.4 Å². The molecule has 3 N–H and O–H groups in total. The lowest BCUT2D eigenvalue weighted by Crippen LogP contribution is -2.27. The summed E-state index contributed by atoms with van der Waals surface area (Å²) in [7, 11) is 1.57. The number of ether oxygens (including phenoxy) is 1. The van der Waals surface area contributed by atoms with E-state index in [1.165, 1.54) is 18.5 Å². The van der Waals surface area contributed by atoms with Crippen LogP contribution in [0.25, 0.3) is 11.3 Å². The zero-order valence-corrected chi connectivity index (χ0v) is 17.1. The summed E-state index contributed by atoms with van der Waals surface area (Å²) in [5, 5.41) is 22.2. The Morgan fingerprint density at radius 1 is 1.17 bits per heavy atom. The predicted molar refractivity (Wildman–Crippen MR) is 113 cm³/mol. The van der Waals surface area contributed by atoms with Crippen LogP contribution in [0.4, 0.5) is 16.0 Å². The van der Waals surface area contributed by atoms with Crippen molar-refractivity contribution in [2.45, 2.75) is 18.8 Å². The lowest BCUT2D eigenvalue weighted by atomic mass is 9.88. The van der Waals surface area contributed by atoms with Crippen molar-refractivity contribution in [1.82, 2.24) is 25.5 Å². The highest BCUT2D eigenvalue weighted by Gasteiger charge is 2.22. The maximum Gasteiger partial charge on any atom is 0.158 e. The molecule has 0 aliphatic carbocycles. The molecule has 1 fully saturated rings. The summed E-state index contributed by atoms with van der Waals surface area (Å²) in [5.74, 6) is 1.47. The third-order valence-electron chi connectivity index (χ3n) is 4.99. The smallest absolute Gasteiger partial charge is 0.158 e. The standard InChI is InChI=1S/C20H20FN7O.ClH/c1-29-18-7-14(12-2-4-23-5-3-12)16(21)6-15(18)17-8-19(28-27-17)26-20-11-24-13(9-22)10-25-20;/h6-8,10-12,23H,2-5H2,1H3,(H2,25,26,27,28);1H. The average molecular weight is 430 g/mol. The summed E-state index contributed by atoms with van der Waals surface area (Å²) in [5.41, 5.74) is 2.13. The highest BCUT2D eigenvalue weighted by atomic mass is 35.5. The van der Waals surface area contributed by atoms with E-state index in [1.54, 1.807) is 19.2 Å². The van der Waals surface area contributed by atoms with Gasteiger partial charge in [-0.2, -0.15) is 10.4 Å². The molecule has 1 aliphatic heterocycles. The number of aromatic nitrogens is 4. The number of rotatable bonds is 5. The van der Waals surface area contributed by atoms with Gasteiger partial charge in [0.25, 0.3) is 0 Å². The van der Waals surface area contributed by atoms with Gasteiger partial charge in [-0.15, -0.1) is 12.4 Å². The Balaban J connectivity index is 0.00000256. The van der Waals surface area contributed by atoms with E-state index < -0.39 is 0 Å². The molecular weight excluding hydrogens is 409 g/mol. The summed E-state index contributed by atoms with van der Waals surface area (Å²) >= 11 is 0. The van der Waals surface area contributed by atoms with Gasteiger partial charge in [0.05, 0.1) is 25.2 Å². The second-order valence-electron chi connectivity index (χ2n) is 6.79. The van der Waals surface area contributed by atoms with E-state index in [2.05, 4.69) is 30.8 Å². The minimum Gasteiger partial charge on any atom is -0.496 e. The van der Waals surface area contributed by atoms with Crippen molar-refractivity contribution in [3.8, 4) is 23.1 Å². The van der Waals surface area contributed by atoms with Crippen LogP contribution in [0.1, 0.15) is 30.0 Å². The molecule has 10 heteroatoms. The SMILES string of the molecule is COc1cc(C2CCNCC2)c(F)cc1-c1cc(Nc2cnc(C#N)cn2)n[nH]1.Cl. The maximum atomic E-state index is 14.9. The molecule has 0 radical (unpaired) electrons. The number of anilines is 2. The normalized spacial score (nSPS) is 13.9. The number of hydrogen-bond donors (Lipinski definition) is 3. The molecule has 0 saturated carbocycles. The average Bonchev–Trinajstić information content (AvgIpc) is 3.23. The first-order valence-electron chi connectivity index (χ1n) is 9.31. The molecular formula is C20H21ClFN7O. The highest BCUT2D eigenvalue weighted by molar-refractivity contribution is 5.85. The molecule has 1 saturated heterocycles. The van der Waals surface area contributed by atoms with Gasteiger partial charge in [-0.05, 0) is 49.5 Å². The Morgan fingerprint density at radius 2 is 1.97 bits per heavy atom. The van der Waals surface area contributed by atoms with E-state index in [0.717, 1.165) is 25.9 Å². The number of methoxy groups -OCH3 is 1. The minimum atomic E-state index is -0.241. The van der Waals surface area contributed by atoms with E-state index >= 15 is 0 Å². The molecule has 3 heterocycles. The van der Waals surface area contributed by atoms with E-state index in [9.17, 15) is 4.39 Å². The van der Waals surface area contributed by atoms with Crippen LogP contribution < -0.4 is 15.4 Å². The Hall–Kier alpha value is -3.22. The van der Waals surface area contributed by atoms with Crippen LogP contribution in [0.2, 0.25) is 0 Å². The van der Waals surface area contributed by atoms with E-state index in [1.807, 2.05) is 6.07 Å². The first kappa shape index (κ1) is 21.5. The topological polar surface area (TPSA) is 112 Å². The molecule has 0 atom stereocenters. The number of nitrogens with zero attached hydrogens (tertiary/aromatic N) is 4. The molecule has 0 spiro atoms. The third kappa shape index (κ3) is 4.50. The fraction of sp³-hybridized carbons (Fsp3) is 0.300. The number of hydrogen-bond acceptors (Lipinski definition) is 7. The van der Waals surface area contributed by atoms with Gasteiger partial charge in [-0.3, -0.25) is 5.10 Å². The molecule has 3 aromatic rings. The second kappa shape index (κ2) is 9.52. The van der Waals surface area contributed by atoms with E-state index in [4.69, 9.17) is 10.00 Å². The van der Waals surface area contributed by atoms with Crippen molar-refractivity contribution in [2.24, 2.45) is 0 Å². The van der Waals surface area contributed by atoms with E-state index in [-0.39, 0.29) is 29.8 Å². The fourth-order valence-corrected chi connectivity index (χ4v) is 3.50. The molecule has 8 nitrogen and oxygen atoms in total. The van der Waals surface area contributed by atoms with Crippen LogP contribution in [0.5, 0.6) is 5.75 Å². The van der Waals surface area contributed by atoms with Gasteiger partial charge in [-0.1, -0.05) is 0 Å². The van der Waals surface area contributed by atoms with Gasteiger partial charge >= 0.3 is 0 Å². The van der Waals surface area contributed by atoms with Crippen LogP contribution in [0.15, 0.2) is 30.6 Å². The fourth-order valence-electron chi connectivity index (χ4n) is 3.50. The Labute approximate surface area is 179 Å². The van der Waals surface area contributed by atoms with Crippen LogP contribution in [0, 0.1) is 17.1 Å². The molecule has 30 heavy (non-hydrogen) atoms. The molecule has 1 aliphatic rings. The number of halogens is 2. The number of piperidine rings is 1. The first-order chi connectivity index (χ1) is 14.2. The quantitative estimate of drug-likeness (QED) is 0.568. The molecule has 0 unspecified atom stereocenters. The summed E-state index contributed by atoms with van der Waals surface area (Å²) in [6, 6.07) is 6.94. The lowest BCUT2D eigenvalue weighted by Gasteiger charge is -2.24. The van der Waals surface area contributed by atoms with Crippen molar-refractivity contribution in [3.05, 3.63) is 47.7 Å². The number of aromatic amines is 1. The summed E-state index contributed by atoms with van der Waals surface area (Å²) in [4.78, 5) is 8.05. The summed E-state index contributed by atoms with van der Waals surface area (Å²) in [6.45, 7) is 1.78. The molecule has 1 aromatic carbocycles. The van der Waals surface area contributed by atoms with Crippen molar-refractivity contribution in [3.63, 3.8) is 0 Å². The van der Waals surface area contributed by atoms with Crippen molar-refractivity contribution < 1.29 is 9.13 Å². The number of nitrogens with one attached hydrogen (secondary N) is 3. The van der Waals surface area contributed by atoms with Gasteiger partial charge in [-0.25, -0.2) is 14.4 Å². The van der Waals surface area contributed by atoms with Gasteiger partial charge < -0.3 is 15.4 Å². The second-order valence-corrected chi connectivity index (χ2v) is 6.79. The van der Waals surface area contributed by atoms with Crippen molar-refractivity contribution >= 4 is 24.0 Å². The number of H-pyrrole nitrogens is 1. The Bertz CT molecular complexity index is 1040. The lowest BCUT2D eigenvalue weighted by molar-refractivity contribution is 0.408. The Kier molecular flexibility index (Phi) is 6.82. The van der Waals surface area contributed by atoms with Crippen molar-refractivity contribution in [1.29, 1.82) is 5.26 Å². The molecule has 2 aromatic heterocycles. The minimum absolute atomic E-state index is 0. The van der Waals surface area contributed by atoms with Gasteiger partial charge in [0.2, 0.25) is 0 Å². The van der Waals surface area contributed by atoms with Gasteiger partial charge in [0, 0.05) is 11.6 Å². The zero-order chi connectivity index (χ0) is 20.2. The number of benzene rings is 1. The van der Waals surface area contributed by atoms with E-state index in [0.29, 0.717) is 34.2 Å². The van der Waals surface area contributed by atoms with Crippen LogP contribution in [0.3, 0.4) is 0 Å². The molecule has 4 rings (SSSR count). The summed E-state index contributed by atoms with van der Waals surface area (Å²) < 4.78 is 20.4. The zero-order valence-electron chi connectivity index (χ0n) is 16.3. The third-order valence-corrected chi connectivity index (χ3v) is 4.99. The van der Waals surface area contributed by atoms with Gasteiger partial charge in [0.1, 0.15) is 23.5 Å². The molecule has 0 amide bonds. The number of nitriles is 1. The Morgan fingerprint density at radius 3 is 2.63 bits per heavy atom. The monoisotopic (exact) mass is 429 g/mol. The van der Waals surface area contributed by atoms with Crippen LogP contribution >= 0.6 is 12.4 Å². The first-order valence-corrected chi connectivity index (χ1v) is 9.31. The summed E-state index contributed by atoms with van der Waals surface area (Å²) in [6.07, 6.45) is 4.63. The molecule has 156 valence electrons. The molecule has 0 bridgehead atoms. The van der Waals surface area contributed by atoms with Crippen molar-refractivity contribution in [2.75, 3.05) is 25.5 Å². The predicted octanol–water partition coefficient (Wildman–Crippen LogP) is 3.52. The largest absolute Gasteiger partial charge is 0.496 e. The highest BCUT2D eigenvalue weighted by Crippen LogP contribution is 2.37. The van der Waals surface area contributed by atoms with Gasteiger partial charge in [0.15, 0.2) is 11.5 Å². The van der Waals surface area contributed by atoms with Crippen LogP contribution in [-0.2, 0) is 0 Å².